The van der Waals surface area contributed by atoms with Gasteiger partial charge in [-0.25, -0.2) is 5.26 Å². The largest absolute Gasteiger partial charge is 1.00 e. The molecule has 1 heterocycles. The Morgan fingerprint density at radius 3 is 2.79 bits per heavy atom. The van der Waals surface area contributed by atoms with E-state index in [1.165, 1.54) is 0 Å². The van der Waals surface area contributed by atoms with Crippen LogP contribution in [-0.4, -0.2) is 6.79 Å². The molecule has 0 aromatic heterocycles. The third-order valence-corrected chi connectivity index (χ3v) is 2.03. The first-order valence-corrected chi connectivity index (χ1v) is 4.01. The average Bonchev–Trinajstić information content (AvgIpc) is 2.63. The van der Waals surface area contributed by atoms with E-state index < -0.39 is 0 Å². The first kappa shape index (κ1) is 11.1. The summed E-state index contributed by atoms with van der Waals surface area (Å²) < 4.78 is 10.2. The summed E-state index contributed by atoms with van der Waals surface area (Å²) in [7, 11) is 0. The number of hydrogen-bond donors (Lipinski definition) is 0. The zero-order valence-corrected chi connectivity index (χ0v) is 8.34. The third kappa shape index (κ3) is 1.94. The zero-order chi connectivity index (χ0) is 9.26. The normalized spacial score (nSPS) is 11.4. The van der Waals surface area contributed by atoms with Crippen LogP contribution in [0, 0.1) is 16.7 Å². The van der Waals surface area contributed by atoms with Gasteiger partial charge in [0.25, 0.3) is 0 Å². The molecule has 0 saturated heterocycles. The van der Waals surface area contributed by atoms with E-state index in [1.807, 2.05) is 6.07 Å². The molecule has 0 spiro atoms. The van der Waals surface area contributed by atoms with Crippen LogP contribution in [0.2, 0.25) is 0 Å². The second-order valence-electron chi connectivity index (χ2n) is 2.49. The van der Waals surface area contributed by atoms with Gasteiger partial charge in [-0.2, -0.15) is 23.2 Å². The number of benzene rings is 1. The van der Waals surface area contributed by atoms with Crippen molar-refractivity contribution in [1.82, 2.24) is 0 Å². The summed E-state index contributed by atoms with van der Waals surface area (Å²) in [6.45, 7) is 0.225. The molecule has 66 valence electrons. The van der Waals surface area contributed by atoms with Gasteiger partial charge in [0.15, 0.2) is 0 Å². The van der Waals surface area contributed by atoms with Crippen molar-refractivity contribution >= 4 is 11.6 Å². The SMILES string of the molecule is N#C[C-](Cl)c1ccc2c(c1)OCO2.[Li+]. The van der Waals surface area contributed by atoms with Gasteiger partial charge >= 0.3 is 18.9 Å². The molecule has 0 radical (unpaired) electrons. The van der Waals surface area contributed by atoms with Gasteiger partial charge in [0.2, 0.25) is 6.79 Å². The van der Waals surface area contributed by atoms with Crippen molar-refractivity contribution < 1.29 is 28.3 Å². The van der Waals surface area contributed by atoms with E-state index in [0.29, 0.717) is 17.1 Å². The topological polar surface area (TPSA) is 42.2 Å². The van der Waals surface area contributed by atoms with Crippen LogP contribution in [0.1, 0.15) is 5.56 Å². The molecule has 0 aliphatic carbocycles. The van der Waals surface area contributed by atoms with Gasteiger partial charge in [-0.15, -0.1) is 6.07 Å². The van der Waals surface area contributed by atoms with Gasteiger partial charge < -0.3 is 9.47 Å². The van der Waals surface area contributed by atoms with Crippen molar-refractivity contribution in [3.05, 3.63) is 29.1 Å². The molecule has 14 heavy (non-hydrogen) atoms. The number of fused-ring (bicyclic) bond motifs is 1. The molecule has 5 heteroatoms. The van der Waals surface area contributed by atoms with Crippen molar-refractivity contribution in [2.45, 2.75) is 0 Å². The summed E-state index contributed by atoms with van der Waals surface area (Å²) in [5.41, 5.74) is 0.647. The maximum absolute atomic E-state index is 8.55. The van der Waals surface area contributed by atoms with Crippen molar-refractivity contribution in [3.8, 4) is 17.6 Å². The van der Waals surface area contributed by atoms with Gasteiger partial charge in [0, 0.05) is 11.4 Å². The summed E-state index contributed by atoms with van der Waals surface area (Å²) in [5.74, 6) is 1.32. The molecule has 0 saturated carbocycles. The first-order valence-electron chi connectivity index (χ1n) is 3.64. The molecular weight excluding hydrogens is 196 g/mol. The molecule has 1 aromatic rings. The van der Waals surface area contributed by atoms with E-state index in [9.17, 15) is 0 Å². The Labute approximate surface area is 98.7 Å². The Morgan fingerprint density at radius 1 is 1.36 bits per heavy atom. The first-order chi connectivity index (χ1) is 6.31. The van der Waals surface area contributed by atoms with E-state index in [0.717, 1.165) is 0 Å². The minimum atomic E-state index is 0. The molecule has 1 aliphatic rings. The maximum atomic E-state index is 8.55. The van der Waals surface area contributed by atoms with Gasteiger partial charge in [0.1, 0.15) is 11.5 Å². The molecule has 1 aromatic carbocycles. The summed E-state index contributed by atoms with van der Waals surface area (Å²) in [6.07, 6.45) is 0. The number of nitrogens with zero attached hydrogens (tertiary/aromatic N) is 1. The molecular formula is C9H5ClLiNO2. The predicted molar refractivity (Wildman–Crippen MR) is 46.4 cm³/mol. The van der Waals surface area contributed by atoms with E-state index >= 15 is 0 Å². The van der Waals surface area contributed by atoms with E-state index in [1.54, 1.807) is 18.2 Å². The van der Waals surface area contributed by atoms with E-state index in [4.69, 9.17) is 26.3 Å². The standard InChI is InChI=1S/C9H5ClNO2.Li/c10-7(4-11)6-1-2-8-9(3-6)13-5-12-8;/h1-3H,5H2;/q-1;+1. The van der Waals surface area contributed by atoms with Crippen LogP contribution in [0.3, 0.4) is 0 Å². The number of ether oxygens (including phenoxy) is 2. The van der Waals surface area contributed by atoms with Crippen molar-refractivity contribution in [3.63, 3.8) is 0 Å². The fourth-order valence-electron chi connectivity index (χ4n) is 1.10. The zero-order valence-electron chi connectivity index (χ0n) is 7.58. The van der Waals surface area contributed by atoms with Crippen molar-refractivity contribution in [1.29, 1.82) is 5.26 Å². The second-order valence-corrected chi connectivity index (χ2v) is 2.87. The van der Waals surface area contributed by atoms with Crippen LogP contribution in [0.5, 0.6) is 11.5 Å². The Hall–Kier alpha value is -0.933. The van der Waals surface area contributed by atoms with E-state index in [2.05, 4.69) is 0 Å². The summed E-state index contributed by atoms with van der Waals surface area (Å²) in [4.78, 5) is 0. The summed E-state index contributed by atoms with van der Waals surface area (Å²) in [6, 6.07) is 7.00. The van der Waals surface area contributed by atoms with Crippen LogP contribution in [0.15, 0.2) is 18.2 Å². The van der Waals surface area contributed by atoms with Crippen LogP contribution in [-0.2, 0) is 0 Å². The van der Waals surface area contributed by atoms with Crippen LogP contribution < -0.4 is 28.3 Å². The number of halogens is 1. The summed E-state index contributed by atoms with van der Waals surface area (Å²) >= 11 is 5.65. The van der Waals surface area contributed by atoms with Gasteiger partial charge in [0.05, 0.1) is 0 Å². The Morgan fingerprint density at radius 2 is 2.07 bits per heavy atom. The number of hydrogen-bond acceptors (Lipinski definition) is 3. The van der Waals surface area contributed by atoms with Gasteiger partial charge in [-0.3, -0.25) is 0 Å². The summed E-state index contributed by atoms with van der Waals surface area (Å²) in [5, 5.41) is 8.70. The predicted octanol–water partition coefficient (Wildman–Crippen LogP) is -0.938. The Bertz CT molecular complexity index is 378. The van der Waals surface area contributed by atoms with Crippen LogP contribution in [0.4, 0.5) is 0 Å². The Kier molecular flexibility index (Phi) is 3.60. The molecule has 0 fully saturated rings. The minimum absolute atomic E-state index is 0. The minimum Gasteiger partial charge on any atom is -0.467 e. The Balaban J connectivity index is 0.000000980. The molecule has 3 nitrogen and oxygen atoms in total. The molecule has 1 aliphatic heterocycles. The molecule has 0 unspecified atom stereocenters. The van der Waals surface area contributed by atoms with Gasteiger partial charge in [-0.05, 0) is 0 Å². The van der Waals surface area contributed by atoms with Crippen LogP contribution in [0.25, 0.3) is 0 Å². The quantitative estimate of drug-likeness (QED) is 0.435. The second kappa shape index (κ2) is 4.53. The number of nitriles is 1. The van der Waals surface area contributed by atoms with Crippen molar-refractivity contribution in [2.75, 3.05) is 6.79 Å². The average molecular weight is 202 g/mol. The fraction of sp³-hybridized carbons (Fsp3) is 0.111. The van der Waals surface area contributed by atoms with E-state index in [-0.39, 0.29) is 31.0 Å². The molecule has 0 atom stereocenters. The van der Waals surface area contributed by atoms with Gasteiger partial charge in [-0.1, -0.05) is 6.07 Å². The molecule has 2 rings (SSSR count). The maximum Gasteiger partial charge on any atom is 1.00 e. The molecule has 0 bridgehead atoms. The third-order valence-electron chi connectivity index (χ3n) is 1.72. The fourth-order valence-corrected chi connectivity index (χ4v) is 1.22. The smallest absolute Gasteiger partial charge is 0.467 e. The number of rotatable bonds is 1. The monoisotopic (exact) mass is 201 g/mol. The molecule has 0 amide bonds. The van der Waals surface area contributed by atoms with Crippen molar-refractivity contribution in [2.24, 2.45) is 0 Å². The van der Waals surface area contributed by atoms with Crippen LogP contribution >= 0.6 is 11.6 Å². The molecule has 0 N–H and O–H groups in total.